The predicted molar refractivity (Wildman–Crippen MR) is 72.6 cm³/mol. The summed E-state index contributed by atoms with van der Waals surface area (Å²) >= 11 is 2.55. The maximum absolute atomic E-state index is 11.4. The molecule has 0 spiro atoms. The lowest BCUT2D eigenvalue weighted by Crippen LogP contribution is -2.44. The van der Waals surface area contributed by atoms with Crippen LogP contribution < -0.4 is 0 Å². The highest BCUT2D eigenvalue weighted by Gasteiger charge is 2.56. The van der Waals surface area contributed by atoms with E-state index in [1.807, 2.05) is 0 Å². The number of rotatable bonds is 1. The highest BCUT2D eigenvalue weighted by atomic mass is 127. The first-order valence-corrected chi connectivity index (χ1v) is 7.25. The van der Waals surface area contributed by atoms with Gasteiger partial charge in [-0.15, -0.1) is 9.24 Å². The molecule has 4 unspecified atom stereocenters. The van der Waals surface area contributed by atoms with Crippen molar-refractivity contribution in [1.29, 1.82) is 0 Å². The molecule has 0 bridgehead atoms. The van der Waals surface area contributed by atoms with E-state index in [1.54, 1.807) is 0 Å². The van der Waals surface area contributed by atoms with Gasteiger partial charge < -0.3 is 5.11 Å². The Balaban J connectivity index is 2.28. The Kier molecular flexibility index (Phi) is 3.09. The molecule has 2 saturated carbocycles. The number of alkyl halides is 1. The summed E-state index contributed by atoms with van der Waals surface area (Å²) in [5, 5.41) is 8.83. The summed E-state index contributed by atoms with van der Waals surface area (Å²) in [6.07, 6.45) is 5.44. The van der Waals surface area contributed by atoms with Crippen molar-refractivity contribution in [2.75, 3.05) is 0 Å². The Labute approximate surface area is 107 Å². The molecule has 2 nitrogen and oxygen atoms in total. The fourth-order valence-corrected chi connectivity index (χ4v) is 5.13. The second-order valence-electron chi connectivity index (χ2n) is 5.27. The molecule has 2 aliphatic carbocycles. The van der Waals surface area contributed by atoms with Gasteiger partial charge >= 0.3 is 5.97 Å². The van der Waals surface area contributed by atoms with Crippen LogP contribution in [0.5, 0.6) is 0 Å². The summed E-state index contributed by atoms with van der Waals surface area (Å²) in [5.41, 5.74) is 0. The van der Waals surface area contributed by atoms with Crippen molar-refractivity contribution in [2.24, 2.45) is 11.8 Å². The molecule has 0 aliphatic heterocycles. The van der Waals surface area contributed by atoms with E-state index >= 15 is 0 Å². The minimum absolute atomic E-state index is 0.314. The number of halogens is 1. The van der Waals surface area contributed by atoms with Crippen LogP contribution in [0.4, 0.5) is 0 Å². The van der Waals surface area contributed by atoms with Crippen LogP contribution in [-0.4, -0.2) is 19.7 Å². The highest BCUT2D eigenvalue weighted by Crippen LogP contribution is 2.58. The van der Waals surface area contributed by atoms with Gasteiger partial charge in [-0.05, 0) is 37.5 Å². The van der Waals surface area contributed by atoms with Gasteiger partial charge in [-0.25, -0.2) is 0 Å². The quantitative estimate of drug-likeness (QED) is 0.453. The maximum Gasteiger partial charge on any atom is 0.313 e. The molecule has 2 aliphatic rings. The van der Waals surface area contributed by atoms with Gasteiger partial charge in [-0.3, -0.25) is 4.79 Å². The third-order valence-electron chi connectivity index (χ3n) is 4.37. The molecule has 0 heterocycles. The SMILES string of the molecule is C[C@@]1(I)CCCC2C1CCC2(P)C(=O)O. The molecular formula is C11H18IO2P. The zero-order valence-corrected chi connectivity index (χ0v) is 12.3. The van der Waals surface area contributed by atoms with E-state index in [9.17, 15) is 9.90 Å². The van der Waals surface area contributed by atoms with Gasteiger partial charge in [0.05, 0.1) is 5.16 Å². The van der Waals surface area contributed by atoms with Crippen LogP contribution in [0.25, 0.3) is 0 Å². The van der Waals surface area contributed by atoms with E-state index in [2.05, 4.69) is 38.8 Å². The smallest absolute Gasteiger partial charge is 0.313 e. The Morgan fingerprint density at radius 3 is 2.67 bits per heavy atom. The van der Waals surface area contributed by atoms with Gasteiger partial charge in [-0.1, -0.05) is 35.9 Å². The van der Waals surface area contributed by atoms with Crippen molar-refractivity contribution in [3.63, 3.8) is 0 Å². The lowest BCUT2D eigenvalue weighted by Gasteiger charge is -2.42. The molecule has 5 atom stereocenters. The van der Waals surface area contributed by atoms with Crippen LogP contribution in [0.2, 0.25) is 0 Å². The minimum Gasteiger partial charge on any atom is -0.481 e. The maximum atomic E-state index is 11.4. The van der Waals surface area contributed by atoms with Crippen molar-refractivity contribution >= 4 is 37.8 Å². The molecule has 0 saturated heterocycles. The molecule has 0 radical (unpaired) electrons. The molecule has 2 fully saturated rings. The molecule has 0 aromatic carbocycles. The van der Waals surface area contributed by atoms with Gasteiger partial charge in [0.25, 0.3) is 0 Å². The first kappa shape index (κ1) is 12.1. The number of hydrogen-bond donors (Lipinski definition) is 1. The molecule has 0 aromatic heterocycles. The first-order valence-electron chi connectivity index (χ1n) is 5.59. The van der Waals surface area contributed by atoms with E-state index in [1.165, 1.54) is 12.8 Å². The molecule has 0 amide bonds. The number of hydrogen-bond acceptors (Lipinski definition) is 1. The molecule has 86 valence electrons. The molecule has 15 heavy (non-hydrogen) atoms. The predicted octanol–water partition coefficient (Wildman–Crippen LogP) is 3.09. The Hall–Kier alpha value is 0.630. The van der Waals surface area contributed by atoms with Crippen molar-refractivity contribution in [1.82, 2.24) is 0 Å². The molecular weight excluding hydrogens is 322 g/mol. The van der Waals surface area contributed by atoms with Crippen LogP contribution >= 0.6 is 31.8 Å². The van der Waals surface area contributed by atoms with Gasteiger partial charge in [0, 0.05) is 3.42 Å². The van der Waals surface area contributed by atoms with Crippen LogP contribution in [0, 0.1) is 11.8 Å². The largest absolute Gasteiger partial charge is 0.481 e. The number of carbonyl (C=O) groups is 1. The number of aliphatic carboxylic acids is 1. The monoisotopic (exact) mass is 340 g/mol. The zero-order valence-electron chi connectivity index (χ0n) is 9.00. The van der Waals surface area contributed by atoms with E-state index in [0.717, 1.165) is 19.3 Å². The third kappa shape index (κ3) is 1.84. The summed E-state index contributed by atoms with van der Waals surface area (Å²) in [6, 6.07) is 0. The summed E-state index contributed by atoms with van der Waals surface area (Å²) in [4.78, 5) is 11.4. The first-order chi connectivity index (χ1) is 6.88. The van der Waals surface area contributed by atoms with Gasteiger partial charge in [0.2, 0.25) is 0 Å². The van der Waals surface area contributed by atoms with Gasteiger partial charge in [0.1, 0.15) is 0 Å². The number of carboxylic acid groups (broad SMARTS) is 1. The fourth-order valence-electron chi connectivity index (χ4n) is 3.44. The number of carboxylic acids is 1. The van der Waals surface area contributed by atoms with Crippen molar-refractivity contribution in [3.05, 3.63) is 0 Å². The van der Waals surface area contributed by atoms with Crippen molar-refractivity contribution < 1.29 is 9.90 Å². The summed E-state index contributed by atoms with van der Waals surface area (Å²) in [5.74, 6) is 0.352. The van der Waals surface area contributed by atoms with Crippen LogP contribution in [0.15, 0.2) is 0 Å². The summed E-state index contributed by atoms with van der Waals surface area (Å²) < 4.78 is 0.314. The third-order valence-corrected chi connectivity index (χ3v) is 6.67. The Morgan fingerprint density at radius 1 is 1.40 bits per heavy atom. The minimum atomic E-state index is -0.617. The lowest BCUT2D eigenvalue weighted by molar-refractivity contribution is -0.141. The summed E-state index contributed by atoms with van der Waals surface area (Å²) in [6.45, 7) is 2.29. The molecule has 0 aromatic rings. The Morgan fingerprint density at radius 2 is 2.07 bits per heavy atom. The Bertz CT molecular complexity index is 292. The number of fused-ring (bicyclic) bond motifs is 1. The van der Waals surface area contributed by atoms with E-state index in [-0.39, 0.29) is 0 Å². The van der Waals surface area contributed by atoms with Crippen LogP contribution in [-0.2, 0) is 4.79 Å². The normalized spacial score (nSPS) is 50.1. The highest BCUT2D eigenvalue weighted by molar-refractivity contribution is 14.1. The molecule has 2 rings (SSSR count). The van der Waals surface area contributed by atoms with Crippen LogP contribution in [0.3, 0.4) is 0 Å². The van der Waals surface area contributed by atoms with Gasteiger partial charge in [-0.2, -0.15) is 0 Å². The zero-order chi connectivity index (χ0) is 11.3. The van der Waals surface area contributed by atoms with Crippen molar-refractivity contribution in [3.8, 4) is 0 Å². The van der Waals surface area contributed by atoms with E-state index in [4.69, 9.17) is 0 Å². The van der Waals surface area contributed by atoms with Crippen LogP contribution in [0.1, 0.15) is 39.0 Å². The summed E-state index contributed by atoms with van der Waals surface area (Å²) in [7, 11) is 2.64. The van der Waals surface area contributed by atoms with Crippen molar-refractivity contribution in [2.45, 2.75) is 47.6 Å². The average Bonchev–Trinajstić information content (AvgIpc) is 2.46. The average molecular weight is 340 g/mol. The standard InChI is InChI=1S/C11H18IO2P/c1-10(12)5-2-3-8-7(10)4-6-11(8,15)9(13)14/h7-8H,2-6,15H2,1H3,(H,13,14)/t7?,8?,10-,11?/m1/s1. The van der Waals surface area contributed by atoms with Gasteiger partial charge in [0.15, 0.2) is 0 Å². The second kappa shape index (κ2) is 3.83. The fraction of sp³-hybridized carbons (Fsp3) is 0.909. The second-order valence-corrected chi connectivity index (χ2v) is 8.76. The van der Waals surface area contributed by atoms with E-state index in [0.29, 0.717) is 15.3 Å². The molecule has 1 N–H and O–H groups in total. The van der Waals surface area contributed by atoms with E-state index < -0.39 is 11.1 Å². The topological polar surface area (TPSA) is 37.3 Å². The molecule has 4 heteroatoms. The lowest BCUT2D eigenvalue weighted by atomic mass is 9.72.